The molecule has 0 aliphatic carbocycles. The standard InChI is InChI=1S/C41H53ClN6O9S/c1-41(2,3)57-40(53)44-21-9-8-12-33(36(49)38(51)45-25-29-19-22-43-23-20-29)46-37(50)35-24-32(56-27-30-13-16-31(42)17-14-30)26-48(35)39(52)34(47-58(4,54)55)18-15-28-10-6-5-7-11-28/h5-7,10-11,13-14,16-17,19-20,22-23,32-35,47H,8-9,12,15,18,21,24-27H2,1-4H3,(H,44,53)(H,45,51)(H,46,50)/t32-,33+,34-,35+/m1/s1. The minimum atomic E-state index is -3.87. The number of likely N-dealkylation sites (tertiary alicyclic amines) is 1. The second kappa shape index (κ2) is 21.7. The first kappa shape index (κ1) is 45.8. The van der Waals surface area contributed by atoms with Crippen LogP contribution in [0.2, 0.25) is 5.02 Å². The molecule has 2 aromatic carbocycles. The number of ether oxygens (including phenoxy) is 2. The van der Waals surface area contributed by atoms with Gasteiger partial charge < -0.3 is 30.3 Å². The number of amides is 4. The second-order valence-corrected chi connectivity index (χ2v) is 17.4. The van der Waals surface area contributed by atoms with Crippen LogP contribution in [0.1, 0.15) is 69.6 Å². The molecule has 17 heteroatoms. The Kier molecular flexibility index (Phi) is 17.2. The first-order chi connectivity index (χ1) is 27.5. The molecule has 0 spiro atoms. The Morgan fingerprint density at radius 1 is 0.879 bits per heavy atom. The van der Waals surface area contributed by atoms with Gasteiger partial charge in [-0.05, 0) is 93.8 Å². The fraction of sp³-hybridized carbons (Fsp3) is 0.463. The van der Waals surface area contributed by atoms with E-state index in [2.05, 4.69) is 25.7 Å². The fourth-order valence-corrected chi connectivity index (χ4v) is 7.16. The number of benzene rings is 2. The number of aryl methyl sites for hydroxylation is 1. The molecule has 4 amide bonds. The van der Waals surface area contributed by atoms with E-state index in [0.29, 0.717) is 29.8 Å². The van der Waals surface area contributed by atoms with Crippen molar-refractivity contribution >= 4 is 51.2 Å². The summed E-state index contributed by atoms with van der Waals surface area (Å²) in [6.45, 7) is 5.59. The number of nitrogens with one attached hydrogen (secondary N) is 4. The number of sulfonamides is 1. The van der Waals surface area contributed by atoms with Crippen LogP contribution >= 0.6 is 11.6 Å². The molecule has 0 saturated carbocycles. The normalized spacial score (nSPS) is 16.5. The molecule has 15 nitrogen and oxygen atoms in total. The number of rotatable bonds is 20. The predicted molar refractivity (Wildman–Crippen MR) is 218 cm³/mol. The maximum Gasteiger partial charge on any atom is 0.407 e. The Balaban J connectivity index is 1.54. The van der Waals surface area contributed by atoms with Crippen LogP contribution in [0, 0.1) is 0 Å². The molecule has 0 unspecified atom stereocenters. The van der Waals surface area contributed by atoms with Crippen LogP contribution < -0.4 is 20.7 Å². The number of carbonyl (C=O) groups excluding carboxylic acids is 5. The van der Waals surface area contributed by atoms with Gasteiger partial charge in [-0.3, -0.25) is 24.2 Å². The quantitative estimate of drug-likeness (QED) is 0.0957. The summed E-state index contributed by atoms with van der Waals surface area (Å²) in [4.78, 5) is 72.8. The van der Waals surface area contributed by atoms with E-state index in [1.807, 2.05) is 30.3 Å². The summed E-state index contributed by atoms with van der Waals surface area (Å²) in [5.41, 5.74) is 1.71. The number of halogens is 1. The van der Waals surface area contributed by atoms with Crippen molar-refractivity contribution in [3.05, 3.63) is 101 Å². The number of Topliss-reactive ketones (excluding diaryl/α,β-unsaturated/α-hetero) is 1. The highest BCUT2D eigenvalue weighted by Gasteiger charge is 2.43. The molecule has 0 bridgehead atoms. The van der Waals surface area contributed by atoms with Crippen LogP contribution in [0.3, 0.4) is 0 Å². The van der Waals surface area contributed by atoms with Gasteiger partial charge >= 0.3 is 6.09 Å². The molecule has 0 radical (unpaired) electrons. The first-order valence-corrected chi connectivity index (χ1v) is 21.4. The van der Waals surface area contributed by atoms with Crippen molar-refractivity contribution < 1.29 is 41.9 Å². The number of nitrogens with zero attached hydrogens (tertiary/aromatic N) is 2. The van der Waals surface area contributed by atoms with Crippen LogP contribution in [0.15, 0.2) is 79.1 Å². The molecule has 1 aromatic heterocycles. The zero-order valence-corrected chi connectivity index (χ0v) is 34.8. The van der Waals surface area contributed by atoms with Crippen LogP contribution in [0.5, 0.6) is 0 Å². The number of ketones is 1. The topological polar surface area (TPSA) is 202 Å². The lowest BCUT2D eigenvalue weighted by Crippen LogP contribution is -2.56. The van der Waals surface area contributed by atoms with Crippen molar-refractivity contribution in [2.75, 3.05) is 19.3 Å². The Labute approximate surface area is 345 Å². The molecule has 1 fully saturated rings. The second-order valence-electron chi connectivity index (χ2n) is 15.2. The molecule has 1 aliphatic rings. The van der Waals surface area contributed by atoms with Crippen molar-refractivity contribution in [2.24, 2.45) is 0 Å². The third kappa shape index (κ3) is 15.8. The minimum Gasteiger partial charge on any atom is -0.444 e. The van der Waals surface area contributed by atoms with Gasteiger partial charge in [-0.15, -0.1) is 0 Å². The van der Waals surface area contributed by atoms with Crippen molar-refractivity contribution in [1.29, 1.82) is 0 Å². The summed E-state index contributed by atoms with van der Waals surface area (Å²) < 4.78 is 38.9. The lowest BCUT2D eigenvalue weighted by Gasteiger charge is -2.29. The lowest BCUT2D eigenvalue weighted by atomic mass is 10.0. The molecule has 4 atom stereocenters. The summed E-state index contributed by atoms with van der Waals surface area (Å²) in [6.07, 6.45) is 4.09. The molecule has 4 rings (SSSR count). The Morgan fingerprint density at radius 2 is 1.57 bits per heavy atom. The van der Waals surface area contributed by atoms with Gasteiger partial charge in [-0.25, -0.2) is 17.9 Å². The summed E-state index contributed by atoms with van der Waals surface area (Å²) in [7, 11) is -3.87. The van der Waals surface area contributed by atoms with Crippen LogP contribution in [0.4, 0.5) is 4.79 Å². The average molecular weight is 841 g/mol. The highest BCUT2D eigenvalue weighted by atomic mass is 35.5. The smallest absolute Gasteiger partial charge is 0.407 e. The highest BCUT2D eigenvalue weighted by Crippen LogP contribution is 2.25. The van der Waals surface area contributed by atoms with Crippen LogP contribution in [0.25, 0.3) is 0 Å². The monoisotopic (exact) mass is 840 g/mol. The van der Waals surface area contributed by atoms with Crippen molar-refractivity contribution in [3.63, 3.8) is 0 Å². The maximum absolute atomic E-state index is 14.3. The van der Waals surface area contributed by atoms with E-state index in [4.69, 9.17) is 21.1 Å². The molecule has 1 saturated heterocycles. The van der Waals surface area contributed by atoms with Gasteiger partial charge in [-0.1, -0.05) is 54.1 Å². The van der Waals surface area contributed by atoms with Gasteiger partial charge in [0.05, 0.1) is 25.0 Å². The van der Waals surface area contributed by atoms with Crippen LogP contribution in [-0.4, -0.2) is 97.1 Å². The van der Waals surface area contributed by atoms with Crippen molar-refractivity contribution in [1.82, 2.24) is 30.6 Å². The first-order valence-electron chi connectivity index (χ1n) is 19.1. The SMILES string of the molecule is CC(C)(C)OC(=O)NCCCC[C@H](NC(=O)[C@@H]1C[C@@H](OCc2ccc(Cl)cc2)CN1C(=O)[C@@H](CCc1ccccc1)NS(C)(=O)=O)C(=O)C(=O)NCc1ccncc1. The minimum absolute atomic E-state index is 0.0321. The highest BCUT2D eigenvalue weighted by molar-refractivity contribution is 7.88. The number of carbonyl (C=O) groups is 5. The summed E-state index contributed by atoms with van der Waals surface area (Å²) in [5.74, 6) is -3.16. The Morgan fingerprint density at radius 3 is 2.22 bits per heavy atom. The maximum atomic E-state index is 14.3. The number of unbranched alkanes of at least 4 members (excludes halogenated alkanes) is 1. The Bertz CT molecular complexity index is 1950. The van der Waals surface area contributed by atoms with Gasteiger partial charge in [-0.2, -0.15) is 0 Å². The molecular formula is C41H53ClN6O9S. The predicted octanol–water partition coefficient (Wildman–Crippen LogP) is 3.84. The summed E-state index contributed by atoms with van der Waals surface area (Å²) >= 11 is 6.05. The number of pyridine rings is 1. The van der Waals surface area contributed by atoms with Gasteiger partial charge in [0.1, 0.15) is 17.7 Å². The average Bonchev–Trinajstić information content (AvgIpc) is 3.61. The third-order valence-electron chi connectivity index (χ3n) is 9.11. The van der Waals surface area contributed by atoms with Gasteiger partial charge in [0.25, 0.3) is 5.91 Å². The van der Waals surface area contributed by atoms with Crippen molar-refractivity contribution in [3.8, 4) is 0 Å². The molecule has 4 N–H and O–H groups in total. The molecular weight excluding hydrogens is 788 g/mol. The van der Waals surface area contributed by atoms with E-state index < -0.39 is 69.5 Å². The number of aromatic nitrogens is 1. The van der Waals surface area contributed by atoms with Gasteiger partial charge in [0, 0.05) is 43.5 Å². The number of alkyl carbamates (subject to hydrolysis) is 1. The largest absolute Gasteiger partial charge is 0.444 e. The van der Waals surface area contributed by atoms with E-state index in [0.717, 1.165) is 17.4 Å². The van der Waals surface area contributed by atoms with E-state index in [1.54, 1.807) is 69.6 Å². The van der Waals surface area contributed by atoms with Crippen molar-refractivity contribution in [2.45, 2.75) is 102 Å². The third-order valence-corrected chi connectivity index (χ3v) is 10.1. The van der Waals surface area contributed by atoms with E-state index in [9.17, 15) is 32.4 Å². The summed E-state index contributed by atoms with van der Waals surface area (Å²) in [6, 6.07) is 16.0. The molecule has 314 valence electrons. The zero-order valence-electron chi connectivity index (χ0n) is 33.2. The molecule has 58 heavy (non-hydrogen) atoms. The number of hydrogen-bond donors (Lipinski definition) is 4. The van der Waals surface area contributed by atoms with Gasteiger partial charge in [0.15, 0.2) is 0 Å². The van der Waals surface area contributed by atoms with Crippen LogP contribution in [-0.2, 0) is 58.2 Å². The lowest BCUT2D eigenvalue weighted by molar-refractivity contribution is -0.142. The summed E-state index contributed by atoms with van der Waals surface area (Å²) in [5, 5.41) is 8.52. The molecule has 2 heterocycles. The number of hydrogen-bond acceptors (Lipinski definition) is 10. The molecule has 1 aliphatic heterocycles. The van der Waals surface area contributed by atoms with E-state index in [-0.39, 0.29) is 45.5 Å². The zero-order chi connectivity index (χ0) is 42.3. The fourth-order valence-electron chi connectivity index (χ4n) is 6.30. The molecule has 3 aromatic rings. The van der Waals surface area contributed by atoms with Gasteiger partial charge in [0.2, 0.25) is 27.6 Å². The van der Waals surface area contributed by atoms with E-state index >= 15 is 0 Å². The Hall–Kier alpha value is -4.90. The van der Waals surface area contributed by atoms with E-state index in [1.165, 1.54) is 4.90 Å².